The Morgan fingerprint density at radius 3 is 2.50 bits per heavy atom. The van der Waals surface area contributed by atoms with Gasteiger partial charge in [0.1, 0.15) is 0 Å². The number of fused-ring (bicyclic) bond motifs is 1. The summed E-state index contributed by atoms with van der Waals surface area (Å²) in [5.41, 5.74) is 9.18. The summed E-state index contributed by atoms with van der Waals surface area (Å²) in [6, 6.07) is 24.2. The van der Waals surface area contributed by atoms with E-state index in [2.05, 4.69) is 88.4 Å². The van der Waals surface area contributed by atoms with Crippen molar-refractivity contribution < 1.29 is 4.79 Å². The first-order chi connectivity index (χ1) is 20.6. The maximum absolute atomic E-state index is 13.2. The average molecular weight is 580 g/mol. The minimum atomic E-state index is 0.321. The Balaban J connectivity index is 0.930. The van der Waals surface area contributed by atoms with Gasteiger partial charge in [-0.25, -0.2) is 0 Å². The second-order valence-corrected chi connectivity index (χ2v) is 13.5. The van der Waals surface area contributed by atoms with Crippen molar-refractivity contribution >= 4 is 22.6 Å². The molecule has 0 atom stereocenters. The topological polar surface area (TPSA) is 35.9 Å². The molecule has 3 aliphatic heterocycles. The van der Waals surface area contributed by atoms with E-state index in [0.717, 1.165) is 82.3 Å². The highest BCUT2D eigenvalue weighted by Crippen LogP contribution is 2.26. The van der Waals surface area contributed by atoms with E-state index in [4.69, 9.17) is 0 Å². The summed E-state index contributed by atoms with van der Waals surface area (Å²) in [6.45, 7) is 9.63. The van der Waals surface area contributed by atoms with Crippen molar-refractivity contribution in [1.29, 1.82) is 0 Å². The average Bonchev–Trinajstić information content (AvgIpc) is 3.49. The second-order valence-electron chi connectivity index (χ2n) is 12.5. The summed E-state index contributed by atoms with van der Waals surface area (Å²) < 4.78 is 0. The number of carbonyl (C=O) groups excluding carboxylic acids is 1. The molecule has 0 radical (unpaired) electrons. The van der Waals surface area contributed by atoms with Crippen molar-refractivity contribution in [2.45, 2.75) is 65.0 Å². The van der Waals surface area contributed by atoms with E-state index < -0.39 is 0 Å². The number of benzene rings is 3. The van der Waals surface area contributed by atoms with Gasteiger partial charge in [-0.15, -0.1) is 11.8 Å². The molecule has 6 rings (SSSR count). The Bertz CT molecular complexity index is 1410. The lowest BCUT2D eigenvalue weighted by Crippen LogP contribution is -2.33. The summed E-state index contributed by atoms with van der Waals surface area (Å²) >= 11 is 1.88. The molecule has 3 heterocycles. The van der Waals surface area contributed by atoms with Crippen molar-refractivity contribution in [3.63, 3.8) is 0 Å². The predicted octanol–water partition coefficient (Wildman–Crippen LogP) is 7.35. The van der Waals surface area contributed by atoms with Crippen LogP contribution in [-0.2, 0) is 25.9 Å². The fourth-order valence-corrected chi connectivity index (χ4v) is 7.68. The first kappa shape index (κ1) is 29.3. The highest BCUT2D eigenvalue weighted by molar-refractivity contribution is 8.14. The quantitative estimate of drug-likeness (QED) is 0.235. The molecule has 0 spiro atoms. The van der Waals surface area contributed by atoms with Crippen molar-refractivity contribution in [2.75, 3.05) is 38.5 Å². The molecule has 4 nitrogen and oxygen atoms in total. The smallest absolute Gasteiger partial charge is 0.162 e. The van der Waals surface area contributed by atoms with Crippen LogP contribution in [0.1, 0.15) is 75.8 Å². The molecule has 0 saturated carbocycles. The van der Waals surface area contributed by atoms with Crippen LogP contribution in [0.15, 0.2) is 71.7 Å². The Kier molecular flexibility index (Phi) is 9.89. The molecule has 42 heavy (non-hydrogen) atoms. The fourth-order valence-electron chi connectivity index (χ4n) is 6.83. The monoisotopic (exact) mass is 579 g/mol. The number of carbonyl (C=O) groups is 1. The van der Waals surface area contributed by atoms with E-state index in [9.17, 15) is 4.79 Å². The zero-order chi connectivity index (χ0) is 28.7. The van der Waals surface area contributed by atoms with Gasteiger partial charge < -0.3 is 0 Å². The molecule has 0 aliphatic carbocycles. The first-order valence-electron chi connectivity index (χ1n) is 16.0. The van der Waals surface area contributed by atoms with Crippen LogP contribution in [0.4, 0.5) is 0 Å². The number of hydrogen-bond acceptors (Lipinski definition) is 5. The van der Waals surface area contributed by atoms with Crippen molar-refractivity contribution in [1.82, 2.24) is 9.80 Å². The van der Waals surface area contributed by atoms with Gasteiger partial charge in [-0.1, -0.05) is 54.6 Å². The Morgan fingerprint density at radius 1 is 0.881 bits per heavy atom. The molecule has 3 aromatic carbocycles. The zero-order valence-corrected chi connectivity index (χ0v) is 26.0. The Hall–Kier alpha value is -2.73. The lowest BCUT2D eigenvalue weighted by molar-refractivity contribution is 0.0974. The third kappa shape index (κ3) is 7.61. The van der Waals surface area contributed by atoms with Crippen molar-refractivity contribution in [3.05, 3.63) is 106 Å². The summed E-state index contributed by atoms with van der Waals surface area (Å²) in [4.78, 5) is 23.0. The first-order valence-corrected chi connectivity index (χ1v) is 17.0. The van der Waals surface area contributed by atoms with Crippen LogP contribution in [0.2, 0.25) is 0 Å². The third-order valence-corrected chi connectivity index (χ3v) is 10.5. The second kappa shape index (κ2) is 14.2. The number of nitrogens with zero attached hydrogens (tertiary/aromatic N) is 3. The summed E-state index contributed by atoms with van der Waals surface area (Å²) in [5.74, 6) is 2.18. The molecular formula is C37H45N3OS. The maximum Gasteiger partial charge on any atom is 0.162 e. The molecule has 0 aromatic heterocycles. The predicted molar refractivity (Wildman–Crippen MR) is 177 cm³/mol. The SMILES string of the molecule is Cc1ccccc1CN1CCc2ccc(C(=O)CCCC3CCN(Cc4cccc(C5=NCCS5)c4)CC3)cc2CC1. The van der Waals surface area contributed by atoms with Gasteiger partial charge in [0, 0.05) is 56.0 Å². The van der Waals surface area contributed by atoms with Crippen LogP contribution in [0.3, 0.4) is 0 Å². The molecule has 3 aromatic rings. The van der Waals surface area contributed by atoms with Crippen molar-refractivity contribution in [3.8, 4) is 0 Å². The zero-order valence-electron chi connectivity index (χ0n) is 25.2. The number of thioether (sulfide) groups is 1. The molecular weight excluding hydrogens is 534 g/mol. The Morgan fingerprint density at radius 2 is 1.69 bits per heavy atom. The molecule has 220 valence electrons. The number of piperidine rings is 1. The molecule has 1 fully saturated rings. The van der Waals surface area contributed by atoms with E-state index in [-0.39, 0.29) is 0 Å². The Labute approximate surface area is 256 Å². The molecule has 0 unspecified atom stereocenters. The molecule has 5 heteroatoms. The van der Waals surface area contributed by atoms with Crippen LogP contribution in [0.5, 0.6) is 0 Å². The van der Waals surface area contributed by atoms with Gasteiger partial charge in [0.2, 0.25) is 0 Å². The van der Waals surface area contributed by atoms with Crippen LogP contribution >= 0.6 is 11.8 Å². The highest BCUT2D eigenvalue weighted by atomic mass is 32.2. The number of Topliss-reactive ketones (excluding diaryl/α,β-unsaturated/α-hetero) is 1. The molecule has 0 N–H and O–H groups in total. The number of hydrogen-bond donors (Lipinski definition) is 0. The van der Waals surface area contributed by atoms with E-state index >= 15 is 0 Å². The summed E-state index contributed by atoms with van der Waals surface area (Å²) in [7, 11) is 0. The van der Waals surface area contributed by atoms with Gasteiger partial charge in [0.25, 0.3) is 0 Å². The van der Waals surface area contributed by atoms with Gasteiger partial charge in [-0.3, -0.25) is 19.6 Å². The van der Waals surface area contributed by atoms with E-state index in [1.54, 1.807) is 0 Å². The highest BCUT2D eigenvalue weighted by Gasteiger charge is 2.21. The van der Waals surface area contributed by atoms with Crippen LogP contribution in [0.25, 0.3) is 0 Å². The molecule has 0 amide bonds. The lowest BCUT2D eigenvalue weighted by atomic mass is 9.90. The van der Waals surface area contributed by atoms with E-state index in [1.807, 2.05) is 11.8 Å². The van der Waals surface area contributed by atoms with Crippen molar-refractivity contribution in [2.24, 2.45) is 10.9 Å². The minimum Gasteiger partial charge on any atom is -0.299 e. The fraction of sp³-hybridized carbons (Fsp3) is 0.459. The standard InChI is InChI=1S/C37H45N3OS/c1-28-6-2-3-9-35(28)27-40-21-16-31-12-13-33(25-32(31)17-22-40)36(41)11-5-7-29-14-19-39(20-15-29)26-30-8-4-10-34(24-30)37-38-18-23-42-37/h2-4,6,8-10,12-13,24-25,29H,5,7,11,14-23,26-27H2,1H3. The maximum atomic E-state index is 13.2. The normalized spacial score (nSPS) is 18.5. The number of aryl methyl sites for hydroxylation is 1. The number of aliphatic imine (C=N–C) groups is 1. The van der Waals surface area contributed by atoms with Crippen LogP contribution in [-0.4, -0.2) is 59.1 Å². The van der Waals surface area contributed by atoms with Gasteiger partial charge in [-0.05, 0) is 104 Å². The molecule has 0 bridgehead atoms. The van der Waals surface area contributed by atoms with Gasteiger partial charge in [0.05, 0.1) is 5.04 Å². The number of ketones is 1. The van der Waals surface area contributed by atoms with Gasteiger partial charge in [-0.2, -0.15) is 0 Å². The van der Waals surface area contributed by atoms with Crippen LogP contribution < -0.4 is 0 Å². The summed E-state index contributed by atoms with van der Waals surface area (Å²) in [5, 5.41) is 1.21. The summed E-state index contributed by atoms with van der Waals surface area (Å²) in [6.07, 6.45) is 7.43. The molecule has 3 aliphatic rings. The largest absolute Gasteiger partial charge is 0.299 e. The van der Waals surface area contributed by atoms with Gasteiger partial charge >= 0.3 is 0 Å². The van der Waals surface area contributed by atoms with E-state index in [0.29, 0.717) is 12.2 Å². The van der Waals surface area contributed by atoms with E-state index in [1.165, 1.54) is 57.7 Å². The van der Waals surface area contributed by atoms with Crippen LogP contribution in [0, 0.1) is 12.8 Å². The molecule has 1 saturated heterocycles. The number of likely N-dealkylation sites (tertiary alicyclic amines) is 1. The third-order valence-electron chi connectivity index (χ3n) is 9.47. The minimum absolute atomic E-state index is 0.321. The lowest BCUT2D eigenvalue weighted by Gasteiger charge is -2.32. The van der Waals surface area contributed by atoms with Gasteiger partial charge in [0.15, 0.2) is 5.78 Å². The number of rotatable bonds is 10.